The van der Waals surface area contributed by atoms with Gasteiger partial charge in [-0.15, -0.1) is 0 Å². The minimum Gasteiger partial charge on any atom is -0.497 e. The molecule has 6 rings (SSSR count). The molecule has 0 amide bonds. The summed E-state index contributed by atoms with van der Waals surface area (Å²) < 4.78 is 61.9. The van der Waals surface area contributed by atoms with Gasteiger partial charge in [0, 0.05) is 60.0 Å². The van der Waals surface area contributed by atoms with Crippen molar-refractivity contribution in [1.82, 2.24) is 0 Å². The minimum absolute atomic E-state index is 0.0207. The molecule has 11 heteroatoms. The number of hydrogen-bond donors (Lipinski definition) is 2. The van der Waals surface area contributed by atoms with Gasteiger partial charge in [0.25, 0.3) is 5.92 Å². The number of carbonyl (C=O) groups is 1. The van der Waals surface area contributed by atoms with Crippen molar-refractivity contribution < 1.29 is 37.3 Å². The molecule has 44 heavy (non-hydrogen) atoms. The van der Waals surface area contributed by atoms with Crippen LogP contribution in [0.4, 0.5) is 24.5 Å². The van der Waals surface area contributed by atoms with Gasteiger partial charge in [0.1, 0.15) is 23.1 Å². The van der Waals surface area contributed by atoms with Crippen LogP contribution in [0.2, 0.25) is 5.02 Å². The fourth-order valence-corrected chi connectivity index (χ4v) is 7.04. The first kappa shape index (κ1) is 30.2. The highest BCUT2D eigenvalue weighted by Crippen LogP contribution is 2.79. The predicted octanol–water partition coefficient (Wildman–Crippen LogP) is 7.46. The van der Waals surface area contributed by atoms with Gasteiger partial charge in [0.05, 0.1) is 38.0 Å². The molecule has 0 spiro atoms. The normalized spacial score (nSPS) is 22.1. The molecule has 2 aliphatic carbocycles. The molecule has 3 unspecified atom stereocenters. The average Bonchev–Trinajstić information content (AvgIpc) is 3.85. The van der Waals surface area contributed by atoms with Gasteiger partial charge in [-0.2, -0.15) is 0 Å². The summed E-state index contributed by atoms with van der Waals surface area (Å²) in [6.45, 7) is 1.65. The first-order chi connectivity index (χ1) is 21.0. The molecule has 1 aliphatic heterocycles. The fraction of sp³-hybridized carbons (Fsp3) is 0.424. The number of anilines is 2. The van der Waals surface area contributed by atoms with E-state index in [9.17, 15) is 13.6 Å². The van der Waals surface area contributed by atoms with Gasteiger partial charge in [0.2, 0.25) is 0 Å². The zero-order chi connectivity index (χ0) is 31.4. The number of fused-ring (bicyclic) bond motifs is 2. The maximum Gasteiger partial charge on any atom is 0.303 e. The number of hydrogen-bond acceptors (Lipinski definition) is 6. The van der Waals surface area contributed by atoms with Crippen molar-refractivity contribution >= 4 is 28.9 Å². The molecule has 3 aromatic carbocycles. The third-order valence-corrected chi connectivity index (χ3v) is 9.31. The molecule has 3 aromatic rings. The summed E-state index contributed by atoms with van der Waals surface area (Å²) in [7, 11) is 2.92. The second-order valence-electron chi connectivity index (χ2n) is 11.8. The zero-order valence-corrected chi connectivity index (χ0v) is 25.4. The first-order valence-corrected chi connectivity index (χ1v) is 15.0. The van der Waals surface area contributed by atoms with Crippen LogP contribution < -0.4 is 24.4 Å². The third kappa shape index (κ3) is 5.38. The lowest BCUT2D eigenvalue weighted by Crippen LogP contribution is -2.49. The van der Waals surface area contributed by atoms with Crippen molar-refractivity contribution in [3.05, 3.63) is 76.1 Å². The van der Waals surface area contributed by atoms with Crippen LogP contribution in [0.5, 0.6) is 17.2 Å². The molecule has 2 fully saturated rings. The Hall–Kier alpha value is -3.79. The molecule has 1 heterocycles. The molecular formula is C33H34ClF3N2O5. The van der Waals surface area contributed by atoms with Crippen molar-refractivity contribution in [3.8, 4) is 17.2 Å². The SMILES string of the molecule is COc1cc(NC(c2ccc(Cl)cc2F)C2(N3CCc4cc(OC)c(C(C)(F)F)cc43)C3CC32)cc(OCCCC(=O)O)c1. The molecular weight excluding hydrogens is 597 g/mol. The number of nitrogens with zero attached hydrogens (tertiary/aromatic N) is 1. The summed E-state index contributed by atoms with van der Waals surface area (Å²) in [5.41, 5.74) is 1.89. The highest BCUT2D eigenvalue weighted by atomic mass is 35.5. The summed E-state index contributed by atoms with van der Waals surface area (Å²) in [6, 6.07) is 12.5. The van der Waals surface area contributed by atoms with Crippen LogP contribution in [0.1, 0.15) is 48.9 Å². The highest BCUT2D eigenvalue weighted by molar-refractivity contribution is 6.30. The Kier molecular flexibility index (Phi) is 7.76. The van der Waals surface area contributed by atoms with Gasteiger partial charge in [-0.05, 0) is 60.9 Å². The quantitative estimate of drug-likeness (QED) is 0.190. The van der Waals surface area contributed by atoms with Gasteiger partial charge in [-0.25, -0.2) is 13.2 Å². The second kappa shape index (κ2) is 11.3. The topological polar surface area (TPSA) is 80.3 Å². The van der Waals surface area contributed by atoms with E-state index in [4.69, 9.17) is 30.9 Å². The van der Waals surface area contributed by atoms with Gasteiger partial charge in [0.15, 0.2) is 0 Å². The van der Waals surface area contributed by atoms with Crippen molar-refractivity contribution in [2.24, 2.45) is 11.8 Å². The molecule has 3 atom stereocenters. The summed E-state index contributed by atoms with van der Waals surface area (Å²) in [5.74, 6) is -2.88. The lowest BCUT2D eigenvalue weighted by atomic mass is 9.86. The van der Waals surface area contributed by atoms with E-state index in [-0.39, 0.29) is 41.2 Å². The number of aliphatic carboxylic acids is 1. The fourth-order valence-electron chi connectivity index (χ4n) is 6.89. The Morgan fingerprint density at radius 2 is 1.89 bits per heavy atom. The van der Waals surface area contributed by atoms with Crippen LogP contribution >= 0.6 is 11.6 Å². The van der Waals surface area contributed by atoms with Gasteiger partial charge < -0.3 is 29.5 Å². The van der Waals surface area contributed by atoms with E-state index in [0.29, 0.717) is 47.8 Å². The largest absolute Gasteiger partial charge is 0.497 e. The van der Waals surface area contributed by atoms with Crippen molar-refractivity contribution in [2.75, 3.05) is 37.6 Å². The molecule has 2 N–H and O–H groups in total. The van der Waals surface area contributed by atoms with E-state index in [1.165, 1.54) is 26.4 Å². The monoisotopic (exact) mass is 630 g/mol. The lowest BCUT2D eigenvalue weighted by Gasteiger charge is -2.43. The van der Waals surface area contributed by atoms with Crippen LogP contribution in [0, 0.1) is 17.7 Å². The molecule has 3 aliphatic rings. The number of alkyl halides is 2. The molecule has 0 bridgehead atoms. The number of carboxylic acids is 1. The number of ether oxygens (including phenoxy) is 3. The third-order valence-electron chi connectivity index (χ3n) is 9.07. The second-order valence-corrected chi connectivity index (χ2v) is 12.2. The summed E-state index contributed by atoms with van der Waals surface area (Å²) in [5, 5.41) is 12.8. The lowest BCUT2D eigenvalue weighted by molar-refractivity contribution is -0.137. The van der Waals surface area contributed by atoms with Crippen LogP contribution in [0.25, 0.3) is 0 Å². The molecule has 0 radical (unpaired) electrons. The van der Waals surface area contributed by atoms with E-state index < -0.39 is 29.3 Å². The first-order valence-electron chi connectivity index (χ1n) is 14.6. The van der Waals surface area contributed by atoms with Gasteiger partial charge >= 0.3 is 5.97 Å². The van der Waals surface area contributed by atoms with E-state index in [0.717, 1.165) is 18.9 Å². The summed E-state index contributed by atoms with van der Waals surface area (Å²) in [4.78, 5) is 13.1. The van der Waals surface area contributed by atoms with Gasteiger partial charge in [-0.1, -0.05) is 17.7 Å². The van der Waals surface area contributed by atoms with Crippen molar-refractivity contribution in [2.45, 2.75) is 50.1 Å². The molecule has 0 aromatic heterocycles. The van der Waals surface area contributed by atoms with Crippen molar-refractivity contribution in [3.63, 3.8) is 0 Å². The highest BCUT2D eigenvalue weighted by Gasteiger charge is 2.82. The number of benzene rings is 3. The number of nitrogens with one attached hydrogen (secondary N) is 1. The summed E-state index contributed by atoms with van der Waals surface area (Å²) in [6.07, 6.45) is 1.92. The maximum absolute atomic E-state index is 15.7. The van der Waals surface area contributed by atoms with Crippen molar-refractivity contribution in [1.29, 1.82) is 0 Å². The van der Waals surface area contributed by atoms with Crippen LogP contribution in [-0.4, -0.2) is 44.0 Å². The Labute approximate surface area is 258 Å². The van der Waals surface area contributed by atoms with Crippen LogP contribution in [0.3, 0.4) is 0 Å². The molecule has 7 nitrogen and oxygen atoms in total. The molecule has 2 saturated carbocycles. The zero-order valence-electron chi connectivity index (χ0n) is 24.6. The standard InChI is InChI=1S/C33H34ClF3N2O5/c1-32(36,37)26-17-28-18(11-29(26)43-3)8-9-39(28)33(24-16-25(24)33)31(23-7-6-19(34)12-27(23)35)38-20-13-21(42-2)15-22(14-20)44-10-4-5-30(40)41/h6-7,11-15,17,24-25,31,38H,4-5,8-10,16H2,1-3H3,(H,40,41). The number of methoxy groups -OCH3 is 2. The number of carboxylic acid groups (broad SMARTS) is 1. The van der Waals surface area contributed by atoms with E-state index >= 15 is 4.39 Å². The van der Waals surface area contributed by atoms with E-state index in [1.54, 1.807) is 36.4 Å². The average molecular weight is 631 g/mol. The van der Waals surface area contributed by atoms with Crippen LogP contribution in [-0.2, 0) is 17.1 Å². The summed E-state index contributed by atoms with van der Waals surface area (Å²) >= 11 is 6.15. The Morgan fingerprint density at radius 3 is 2.50 bits per heavy atom. The molecule has 234 valence electrons. The smallest absolute Gasteiger partial charge is 0.303 e. The molecule has 0 saturated heterocycles. The van der Waals surface area contributed by atoms with E-state index in [2.05, 4.69) is 10.2 Å². The Morgan fingerprint density at radius 1 is 1.14 bits per heavy atom. The maximum atomic E-state index is 15.7. The van der Waals surface area contributed by atoms with Gasteiger partial charge in [-0.3, -0.25) is 4.79 Å². The Bertz CT molecular complexity index is 1590. The van der Waals surface area contributed by atoms with E-state index in [1.807, 2.05) is 0 Å². The Balaban J connectivity index is 1.40. The number of halogens is 4. The number of rotatable bonds is 13. The van der Waals surface area contributed by atoms with Crippen LogP contribution in [0.15, 0.2) is 48.5 Å². The predicted molar refractivity (Wildman–Crippen MR) is 161 cm³/mol. The minimum atomic E-state index is -3.12.